The van der Waals surface area contributed by atoms with Gasteiger partial charge in [-0.25, -0.2) is 8.35 Å². The van der Waals surface area contributed by atoms with Gasteiger partial charge in [-0.2, -0.15) is 13.2 Å². The molecule has 0 spiro atoms. The number of benzene rings is 3. The highest BCUT2D eigenvalue weighted by Crippen LogP contribution is 2.33. The van der Waals surface area contributed by atoms with Crippen LogP contribution >= 0.6 is 11.5 Å². The van der Waals surface area contributed by atoms with E-state index in [4.69, 9.17) is 0 Å². The molecule has 1 amide bonds. The Bertz CT molecular complexity index is 1460. The first kappa shape index (κ1) is 23.1. The van der Waals surface area contributed by atoms with E-state index in [2.05, 4.69) is 0 Å². The van der Waals surface area contributed by atoms with Crippen molar-refractivity contribution < 1.29 is 22.4 Å². The number of nitrogens with zero attached hydrogens (tertiary/aromatic N) is 3. The number of fused-ring (bicyclic) bond motifs is 1. The lowest BCUT2D eigenvalue weighted by atomic mass is 10.0. The number of carbonyl (C=O) groups is 1. The van der Waals surface area contributed by atoms with E-state index in [1.807, 2.05) is 47.4 Å². The Kier molecular flexibility index (Phi) is 5.84. The molecule has 0 aliphatic carbocycles. The Morgan fingerprint density at radius 2 is 1.57 bits per heavy atom. The summed E-state index contributed by atoms with van der Waals surface area (Å²) < 4.78 is 56.1. The maximum absolute atomic E-state index is 13.6. The first-order chi connectivity index (χ1) is 16.7. The molecular formula is C25H19F4N3O2S. The zero-order chi connectivity index (χ0) is 24.7. The van der Waals surface area contributed by atoms with Gasteiger partial charge in [-0.3, -0.25) is 9.59 Å². The SMILES string of the molecule is O=C(c1cc(F)ccc1C(F)(F)F)N1CCN(c2ccc3c(=O)n(-c4ccccc4)sc3c2)CC1. The van der Waals surface area contributed by atoms with Gasteiger partial charge >= 0.3 is 6.18 Å². The van der Waals surface area contributed by atoms with Crippen LogP contribution in [0.15, 0.2) is 71.5 Å². The number of rotatable bonds is 3. The van der Waals surface area contributed by atoms with Crippen molar-refractivity contribution in [2.45, 2.75) is 6.18 Å². The van der Waals surface area contributed by atoms with E-state index in [9.17, 15) is 27.2 Å². The lowest BCUT2D eigenvalue weighted by Crippen LogP contribution is -2.49. The fourth-order valence-corrected chi connectivity index (χ4v) is 5.25. The Hall–Kier alpha value is -3.66. The summed E-state index contributed by atoms with van der Waals surface area (Å²) in [5.41, 5.74) is -0.293. The lowest BCUT2D eigenvalue weighted by molar-refractivity contribution is -0.138. The van der Waals surface area contributed by atoms with Crippen LogP contribution in [0.2, 0.25) is 0 Å². The van der Waals surface area contributed by atoms with Crippen molar-refractivity contribution in [2.75, 3.05) is 31.1 Å². The highest BCUT2D eigenvalue weighted by Gasteiger charge is 2.37. The molecule has 180 valence electrons. The maximum atomic E-state index is 13.6. The highest BCUT2D eigenvalue weighted by molar-refractivity contribution is 7.14. The van der Waals surface area contributed by atoms with Gasteiger partial charge < -0.3 is 9.80 Å². The van der Waals surface area contributed by atoms with E-state index < -0.39 is 29.0 Å². The van der Waals surface area contributed by atoms with Crippen molar-refractivity contribution in [2.24, 2.45) is 0 Å². The zero-order valence-electron chi connectivity index (χ0n) is 18.3. The molecule has 0 atom stereocenters. The van der Waals surface area contributed by atoms with Crippen LogP contribution in [0, 0.1) is 5.82 Å². The van der Waals surface area contributed by atoms with Gasteiger partial charge in [-0.1, -0.05) is 29.7 Å². The van der Waals surface area contributed by atoms with Gasteiger partial charge in [-0.15, -0.1) is 0 Å². The number of hydrogen-bond acceptors (Lipinski definition) is 4. The van der Waals surface area contributed by atoms with E-state index in [-0.39, 0.29) is 18.6 Å². The third-order valence-electron chi connectivity index (χ3n) is 6.01. The number of amides is 1. The molecule has 1 aliphatic heterocycles. The predicted octanol–water partition coefficient (Wildman–Crippen LogP) is 5.17. The third-order valence-corrected chi connectivity index (χ3v) is 7.10. The van der Waals surface area contributed by atoms with Gasteiger partial charge in [-0.05, 0) is 48.5 Å². The van der Waals surface area contributed by atoms with Crippen LogP contribution < -0.4 is 10.5 Å². The number of piperazine rings is 1. The summed E-state index contributed by atoms with van der Waals surface area (Å²) in [7, 11) is 0. The van der Waals surface area contributed by atoms with Gasteiger partial charge in [0, 0.05) is 31.9 Å². The van der Waals surface area contributed by atoms with Crippen LogP contribution in [0.3, 0.4) is 0 Å². The molecule has 4 aromatic rings. The molecular weight excluding hydrogens is 482 g/mol. The second-order valence-corrected chi connectivity index (χ2v) is 9.16. The summed E-state index contributed by atoms with van der Waals surface area (Å²) >= 11 is 1.33. The predicted molar refractivity (Wildman–Crippen MR) is 127 cm³/mol. The molecule has 5 nitrogen and oxygen atoms in total. The monoisotopic (exact) mass is 501 g/mol. The molecule has 1 fully saturated rings. The molecule has 3 aromatic carbocycles. The van der Waals surface area contributed by atoms with Gasteiger partial charge in [0.2, 0.25) is 0 Å². The molecule has 0 unspecified atom stereocenters. The van der Waals surface area contributed by atoms with Crippen molar-refractivity contribution >= 4 is 33.2 Å². The number of carbonyl (C=O) groups excluding carboxylic acids is 1. The third kappa shape index (κ3) is 4.41. The Morgan fingerprint density at radius 3 is 2.26 bits per heavy atom. The van der Waals surface area contributed by atoms with Crippen LogP contribution in [0.25, 0.3) is 15.8 Å². The number of anilines is 1. The van der Waals surface area contributed by atoms with Gasteiger partial charge in [0.1, 0.15) is 5.82 Å². The minimum atomic E-state index is -4.76. The Morgan fingerprint density at radius 1 is 0.857 bits per heavy atom. The summed E-state index contributed by atoms with van der Waals surface area (Å²) in [6, 6.07) is 16.8. The maximum Gasteiger partial charge on any atom is 0.417 e. The van der Waals surface area contributed by atoms with Gasteiger partial charge in [0.05, 0.1) is 26.9 Å². The first-order valence-electron chi connectivity index (χ1n) is 10.8. The summed E-state index contributed by atoms with van der Waals surface area (Å²) in [5.74, 6) is -1.74. The number of alkyl halides is 3. The van der Waals surface area contributed by atoms with E-state index in [0.717, 1.165) is 16.1 Å². The van der Waals surface area contributed by atoms with E-state index >= 15 is 0 Å². The number of aromatic nitrogens is 1. The number of para-hydroxylation sites is 1. The van der Waals surface area contributed by atoms with Crippen LogP contribution in [-0.2, 0) is 6.18 Å². The summed E-state index contributed by atoms with van der Waals surface area (Å²) in [6.45, 7) is 1.16. The van der Waals surface area contributed by atoms with Crippen LogP contribution in [0.1, 0.15) is 15.9 Å². The number of halogens is 4. The molecule has 0 saturated carbocycles. The van der Waals surface area contributed by atoms with E-state index in [1.54, 1.807) is 10.0 Å². The van der Waals surface area contributed by atoms with Crippen LogP contribution in [-0.4, -0.2) is 40.9 Å². The van der Waals surface area contributed by atoms with E-state index in [0.29, 0.717) is 36.7 Å². The Balaban J connectivity index is 1.35. The van der Waals surface area contributed by atoms with Crippen molar-refractivity contribution in [3.63, 3.8) is 0 Å². The molecule has 0 N–H and O–H groups in total. The average Bonchev–Trinajstić information content (AvgIpc) is 3.19. The van der Waals surface area contributed by atoms with E-state index in [1.165, 1.54) is 16.4 Å². The lowest BCUT2D eigenvalue weighted by Gasteiger charge is -2.36. The molecule has 0 bridgehead atoms. The smallest absolute Gasteiger partial charge is 0.368 e. The second kappa shape index (κ2) is 8.84. The second-order valence-electron chi connectivity index (χ2n) is 8.17. The van der Waals surface area contributed by atoms with Crippen LogP contribution in [0.5, 0.6) is 0 Å². The van der Waals surface area contributed by atoms with Crippen molar-refractivity contribution in [1.29, 1.82) is 0 Å². The molecule has 1 aromatic heterocycles. The number of hydrogen-bond donors (Lipinski definition) is 0. The summed E-state index contributed by atoms with van der Waals surface area (Å²) in [6.07, 6.45) is -4.76. The van der Waals surface area contributed by atoms with Crippen molar-refractivity contribution in [3.8, 4) is 5.69 Å². The fourth-order valence-electron chi connectivity index (χ4n) is 4.22. The van der Waals surface area contributed by atoms with Gasteiger partial charge in [0.25, 0.3) is 11.5 Å². The molecule has 1 aliphatic rings. The summed E-state index contributed by atoms with van der Waals surface area (Å²) in [4.78, 5) is 28.9. The van der Waals surface area contributed by atoms with Crippen molar-refractivity contribution in [1.82, 2.24) is 8.86 Å². The largest absolute Gasteiger partial charge is 0.417 e. The topological polar surface area (TPSA) is 45.6 Å². The van der Waals surface area contributed by atoms with Gasteiger partial charge in [0.15, 0.2) is 0 Å². The average molecular weight is 502 g/mol. The zero-order valence-corrected chi connectivity index (χ0v) is 19.1. The quantitative estimate of drug-likeness (QED) is 0.364. The summed E-state index contributed by atoms with van der Waals surface area (Å²) in [5, 5.41) is 0.599. The minimum Gasteiger partial charge on any atom is -0.368 e. The molecule has 0 radical (unpaired) electrons. The normalized spacial score (nSPS) is 14.5. The standard InChI is InChI=1S/C25H19F4N3O2S/c26-16-6-9-21(25(27,28)29)20(14-16)23(33)31-12-10-30(11-13-31)18-7-8-19-22(15-18)35-32(24(19)34)17-4-2-1-3-5-17/h1-9,14-15H,10-13H2. The van der Waals surface area contributed by atoms with Crippen LogP contribution in [0.4, 0.5) is 23.2 Å². The fraction of sp³-hybridized carbons (Fsp3) is 0.200. The molecule has 10 heteroatoms. The molecule has 5 rings (SSSR count). The minimum absolute atomic E-state index is 0.103. The molecule has 2 heterocycles. The molecule has 35 heavy (non-hydrogen) atoms. The Labute approximate surface area is 201 Å². The first-order valence-corrected chi connectivity index (χ1v) is 11.6. The molecule has 1 saturated heterocycles. The highest BCUT2D eigenvalue weighted by atomic mass is 32.1. The van der Waals surface area contributed by atoms with Crippen molar-refractivity contribution in [3.05, 3.63) is 94.0 Å².